The van der Waals surface area contributed by atoms with Crippen LogP contribution in [-0.4, -0.2) is 0 Å². The van der Waals surface area contributed by atoms with Gasteiger partial charge in [0.15, 0.2) is 0 Å². The van der Waals surface area contributed by atoms with Gasteiger partial charge in [-0.15, -0.1) is 0 Å². The summed E-state index contributed by atoms with van der Waals surface area (Å²) in [5, 5.41) is 0. The van der Waals surface area contributed by atoms with Gasteiger partial charge < -0.3 is 0 Å². The standard InChI is InChI=1S/C52H6/c1-3-5-7-9-11-13-15-17-19-21-23-25-27-29-31-33-35-37-39-41-43-45-47-49-51-52-50-48-46-44-42-40-38-36-34-32-30-28-26-24-22-20-18-16-14-12-10-8-6-4-2/h1-2H3. The Hall–Kier alpha value is -11.0. The third-order valence-electron chi connectivity index (χ3n) is 3.19. The summed E-state index contributed by atoms with van der Waals surface area (Å²) in [7, 11) is 0. The van der Waals surface area contributed by atoms with Crippen LogP contribution in [0.15, 0.2) is 0 Å². The molecule has 0 bridgehead atoms. The van der Waals surface area contributed by atoms with Crippen LogP contribution in [0.3, 0.4) is 0 Å². The van der Waals surface area contributed by atoms with Gasteiger partial charge in [0.05, 0.1) is 0 Å². The smallest absolute Gasteiger partial charge is 0 e. The zero-order valence-corrected chi connectivity index (χ0v) is 27.0. The van der Waals surface area contributed by atoms with Gasteiger partial charge in [0.2, 0.25) is 0 Å². The molecule has 0 aliphatic heterocycles. The first-order valence-corrected chi connectivity index (χ1v) is 13.2. The van der Waals surface area contributed by atoms with Crippen LogP contribution in [0.4, 0.5) is 0 Å². The Morgan fingerprint density at radius 3 is 0.212 bits per heavy atom. The van der Waals surface area contributed by atoms with Crippen LogP contribution in [-0.2, 0) is 0 Å². The summed E-state index contributed by atoms with van der Waals surface area (Å²) in [5.74, 6) is 126. The molecular weight excluding hydrogens is 625 g/mol. The summed E-state index contributed by atoms with van der Waals surface area (Å²) < 4.78 is 0. The van der Waals surface area contributed by atoms with E-state index in [1.165, 1.54) is 0 Å². The van der Waals surface area contributed by atoms with Gasteiger partial charge >= 0.3 is 0 Å². The molecule has 0 amide bonds. The molecule has 0 aromatic carbocycles. The SMILES string of the molecule is CC#CC#CC#CC#CC#CC#CC#CC#CC#CC#CC#CC#CC#CC#CC#CC#CC#CC#CC#CC#CC#CC#CC#CC#CC#CC. The minimum absolute atomic E-state index is 1.69. The largest absolute Gasteiger partial charge is 0.0925 e. The normalized spacial score (nSPS) is 3.96. The molecule has 0 nitrogen and oxygen atoms in total. The highest BCUT2D eigenvalue weighted by molar-refractivity contribution is 5.51. The second-order valence-corrected chi connectivity index (χ2v) is 6.50. The summed E-state index contributed by atoms with van der Waals surface area (Å²) in [6, 6.07) is 0. The predicted molar refractivity (Wildman–Crippen MR) is 206 cm³/mol. The lowest BCUT2D eigenvalue weighted by Crippen LogP contribution is -1.57. The lowest BCUT2D eigenvalue weighted by atomic mass is 10.4. The molecule has 0 radical (unpaired) electrons. The average molecular weight is 631 g/mol. The molecule has 0 aromatic rings. The molecule has 214 valence electrons. The summed E-state index contributed by atoms with van der Waals surface area (Å²) in [5.41, 5.74) is 0. The van der Waals surface area contributed by atoms with Gasteiger partial charge in [-0.1, -0.05) is 11.8 Å². The minimum atomic E-state index is 1.69. The molecule has 52 heavy (non-hydrogen) atoms. The Labute approximate surface area is 308 Å². The van der Waals surface area contributed by atoms with Crippen molar-refractivity contribution in [2.75, 3.05) is 0 Å². The van der Waals surface area contributed by atoms with Crippen molar-refractivity contribution in [2.45, 2.75) is 13.8 Å². The fourth-order valence-electron chi connectivity index (χ4n) is 1.56. The maximum Gasteiger partial charge on any atom is 0 e. The van der Waals surface area contributed by atoms with Crippen molar-refractivity contribution >= 4 is 0 Å². The number of hydrogen-bond donors (Lipinski definition) is 0. The first-order valence-electron chi connectivity index (χ1n) is 13.2. The predicted octanol–water partition coefficient (Wildman–Crippen LogP) is 1.11. The summed E-state index contributed by atoms with van der Waals surface area (Å²) in [6.45, 7) is 3.37. The molecule has 0 heterocycles. The maximum absolute atomic E-state index is 2.63. The minimum Gasteiger partial charge on any atom is -0.0925 e. The second-order valence-electron chi connectivity index (χ2n) is 6.50. The quantitative estimate of drug-likeness (QED) is 0.353. The van der Waals surface area contributed by atoms with E-state index in [1.807, 2.05) is 0 Å². The van der Waals surface area contributed by atoms with E-state index in [9.17, 15) is 0 Å². The highest BCUT2D eigenvalue weighted by atomic mass is 13.6. The van der Waals surface area contributed by atoms with Gasteiger partial charge in [-0.25, -0.2) is 0 Å². The molecule has 0 aliphatic rings. The molecule has 0 saturated heterocycles. The molecule has 0 spiro atoms. The van der Waals surface area contributed by atoms with Gasteiger partial charge in [0, 0.05) is 189 Å². The second kappa shape index (κ2) is 40.0. The zero-order chi connectivity index (χ0) is 37.4. The highest BCUT2D eigenvalue weighted by Gasteiger charge is 1.62. The molecule has 0 fully saturated rings. The Bertz CT molecular complexity index is 2940. The fraction of sp³-hybridized carbons (Fsp3) is 0.0385. The van der Waals surface area contributed by atoms with Gasteiger partial charge in [0.1, 0.15) is 0 Å². The number of hydrogen-bond acceptors (Lipinski definition) is 0. The Kier molecular flexibility index (Phi) is 31.5. The molecule has 0 N–H and O–H groups in total. The average Bonchev–Trinajstić information content (AvgIpc) is 3.16. The van der Waals surface area contributed by atoms with Crippen LogP contribution < -0.4 is 0 Å². The van der Waals surface area contributed by atoms with E-state index in [2.05, 4.69) is 296 Å². The molecule has 0 rings (SSSR count). The van der Waals surface area contributed by atoms with E-state index >= 15 is 0 Å². The van der Waals surface area contributed by atoms with Crippen LogP contribution in [0, 0.1) is 296 Å². The van der Waals surface area contributed by atoms with E-state index in [-0.39, 0.29) is 0 Å². The van der Waals surface area contributed by atoms with Crippen molar-refractivity contribution < 1.29 is 0 Å². The van der Waals surface area contributed by atoms with Crippen molar-refractivity contribution in [2.24, 2.45) is 0 Å². The van der Waals surface area contributed by atoms with E-state index in [0.29, 0.717) is 0 Å². The molecule has 0 unspecified atom stereocenters. The molecule has 0 saturated carbocycles. The van der Waals surface area contributed by atoms with Crippen LogP contribution in [0.1, 0.15) is 13.8 Å². The summed E-state index contributed by atoms with van der Waals surface area (Å²) in [4.78, 5) is 0. The Morgan fingerprint density at radius 2 is 0.154 bits per heavy atom. The van der Waals surface area contributed by atoms with Gasteiger partial charge in [-0.3, -0.25) is 0 Å². The lowest BCUT2D eigenvalue weighted by molar-refractivity contribution is 1.92. The van der Waals surface area contributed by atoms with Crippen molar-refractivity contribution in [1.29, 1.82) is 0 Å². The van der Waals surface area contributed by atoms with Gasteiger partial charge in [0.25, 0.3) is 0 Å². The fourth-order valence-corrected chi connectivity index (χ4v) is 1.56. The lowest BCUT2D eigenvalue weighted by Gasteiger charge is -1.57. The first-order chi connectivity index (χ1) is 25.9. The summed E-state index contributed by atoms with van der Waals surface area (Å²) >= 11 is 0. The summed E-state index contributed by atoms with van der Waals surface area (Å²) in [6.07, 6.45) is 0. The Balaban J connectivity index is 4.56. The Morgan fingerprint density at radius 1 is 0.0962 bits per heavy atom. The maximum atomic E-state index is 2.63. The van der Waals surface area contributed by atoms with Crippen molar-refractivity contribution in [3.05, 3.63) is 0 Å². The van der Waals surface area contributed by atoms with Crippen LogP contribution >= 0.6 is 0 Å². The van der Waals surface area contributed by atoms with Crippen molar-refractivity contribution in [3.63, 3.8) is 0 Å². The van der Waals surface area contributed by atoms with Crippen LogP contribution in [0.25, 0.3) is 0 Å². The third-order valence-corrected chi connectivity index (χ3v) is 3.19. The van der Waals surface area contributed by atoms with E-state index in [0.717, 1.165) is 0 Å². The topological polar surface area (TPSA) is 0 Å². The van der Waals surface area contributed by atoms with Gasteiger partial charge in [-0.05, 0) is 109 Å². The van der Waals surface area contributed by atoms with Crippen molar-refractivity contribution in [1.82, 2.24) is 0 Å². The highest BCUT2D eigenvalue weighted by Crippen LogP contribution is 1.62. The number of rotatable bonds is 0. The van der Waals surface area contributed by atoms with Crippen LogP contribution in [0.5, 0.6) is 0 Å². The zero-order valence-electron chi connectivity index (χ0n) is 27.0. The molecule has 0 aromatic heterocycles. The van der Waals surface area contributed by atoms with Gasteiger partial charge in [-0.2, -0.15) is 0 Å². The monoisotopic (exact) mass is 630 g/mol. The van der Waals surface area contributed by atoms with E-state index in [1.54, 1.807) is 13.8 Å². The van der Waals surface area contributed by atoms with E-state index in [4.69, 9.17) is 0 Å². The first kappa shape index (κ1) is 41.0. The third kappa shape index (κ3) is 39.0. The van der Waals surface area contributed by atoms with Crippen LogP contribution in [0.2, 0.25) is 0 Å². The van der Waals surface area contributed by atoms with E-state index < -0.39 is 0 Å². The molecular formula is C52H6. The molecule has 0 aliphatic carbocycles. The molecule has 0 heteroatoms. The molecule has 0 atom stereocenters. The van der Waals surface area contributed by atoms with Crippen molar-refractivity contribution in [3.8, 4) is 296 Å².